The summed E-state index contributed by atoms with van der Waals surface area (Å²) < 4.78 is 27.6. The average molecular weight is 365 g/mol. The van der Waals surface area contributed by atoms with E-state index in [1.54, 1.807) is 0 Å². The lowest BCUT2D eigenvalue weighted by Gasteiger charge is -2.46. The van der Waals surface area contributed by atoms with Gasteiger partial charge in [-0.05, 0) is 18.1 Å². The molecule has 0 spiro atoms. The summed E-state index contributed by atoms with van der Waals surface area (Å²) in [6.07, 6.45) is -1.90. The third-order valence-corrected chi connectivity index (χ3v) is 9.07. The Balaban J connectivity index is 3.02. The number of piperidine rings is 1. The fourth-order valence-corrected chi connectivity index (χ4v) is 3.51. The lowest BCUT2D eigenvalue weighted by atomic mass is 10.0. The van der Waals surface area contributed by atoms with Gasteiger partial charge in [0.2, 0.25) is 0 Å². The first-order chi connectivity index (χ1) is 11.0. The highest BCUT2D eigenvalue weighted by Crippen LogP contribution is 2.38. The zero-order chi connectivity index (χ0) is 18.5. The van der Waals surface area contributed by atoms with Crippen molar-refractivity contribution in [3.05, 3.63) is 0 Å². The number of nitrogens with zero attached hydrogens (tertiary/aromatic N) is 1. The van der Waals surface area contributed by atoms with Crippen LogP contribution in [0.15, 0.2) is 0 Å². The van der Waals surface area contributed by atoms with Crippen LogP contribution in [0.4, 0.5) is 0 Å². The summed E-state index contributed by atoms with van der Waals surface area (Å²) in [4.78, 5) is 12.4. The van der Waals surface area contributed by atoms with Crippen LogP contribution in [0.25, 0.3) is 0 Å². The summed E-state index contributed by atoms with van der Waals surface area (Å²) in [5.74, 6) is 5.50. The number of methoxy groups -OCH3 is 2. The van der Waals surface area contributed by atoms with Crippen LogP contribution in [0, 0.1) is 0 Å². The smallest absolute Gasteiger partial charge is 0.268 e. The molecule has 9 heteroatoms. The van der Waals surface area contributed by atoms with Crippen molar-refractivity contribution in [1.29, 1.82) is 0 Å². The maximum atomic E-state index is 12.4. The van der Waals surface area contributed by atoms with E-state index in [9.17, 15) is 4.79 Å². The van der Waals surface area contributed by atoms with Gasteiger partial charge >= 0.3 is 0 Å². The van der Waals surface area contributed by atoms with Crippen LogP contribution in [0.3, 0.4) is 0 Å². The number of hydrogen-bond donors (Lipinski definition) is 1. The van der Waals surface area contributed by atoms with E-state index < -0.39 is 26.6 Å². The minimum absolute atomic E-state index is 0.0164. The standard InChI is InChI=1S/C15H32N2O6Si/c1-15(2,3)24(6,7)23-11-8-17(16)14(18)13(22-10-20-5)12(11)21-9-19-4/h11-13H,8-10,16H2,1-7H3/t11-,12-,13+/m1/s1. The Morgan fingerprint density at radius 2 is 1.71 bits per heavy atom. The molecule has 0 bridgehead atoms. The van der Waals surface area contributed by atoms with Crippen LogP contribution >= 0.6 is 0 Å². The number of nitrogens with two attached hydrogens (primary N) is 1. The van der Waals surface area contributed by atoms with Crippen molar-refractivity contribution < 1.29 is 28.2 Å². The molecule has 1 aliphatic rings. The second-order valence-electron chi connectivity index (χ2n) is 7.44. The van der Waals surface area contributed by atoms with Gasteiger partial charge in [-0.15, -0.1) is 0 Å². The van der Waals surface area contributed by atoms with Crippen molar-refractivity contribution in [3.63, 3.8) is 0 Å². The molecule has 1 amide bonds. The first-order valence-corrected chi connectivity index (χ1v) is 10.9. The molecule has 1 rings (SSSR count). The van der Waals surface area contributed by atoms with Gasteiger partial charge in [0, 0.05) is 14.2 Å². The SMILES string of the molecule is COCO[C@H]1[C@H](OCOC)C(=O)N(N)C[C@H]1O[Si](C)(C)C(C)(C)C. The predicted molar refractivity (Wildman–Crippen MR) is 91.5 cm³/mol. The molecule has 1 heterocycles. The summed E-state index contributed by atoms with van der Waals surface area (Å²) in [5, 5.41) is 1.15. The Kier molecular flexibility index (Phi) is 7.79. The molecule has 3 atom stereocenters. The first kappa shape index (κ1) is 21.5. The van der Waals surface area contributed by atoms with E-state index in [1.165, 1.54) is 14.2 Å². The van der Waals surface area contributed by atoms with Gasteiger partial charge in [0.15, 0.2) is 14.4 Å². The van der Waals surface area contributed by atoms with E-state index in [0.717, 1.165) is 5.01 Å². The van der Waals surface area contributed by atoms with Crippen LogP contribution in [0.2, 0.25) is 18.1 Å². The molecule has 0 aromatic carbocycles. The molecule has 24 heavy (non-hydrogen) atoms. The van der Waals surface area contributed by atoms with E-state index >= 15 is 0 Å². The van der Waals surface area contributed by atoms with Gasteiger partial charge in [-0.1, -0.05) is 20.8 Å². The van der Waals surface area contributed by atoms with Crippen molar-refractivity contribution in [2.75, 3.05) is 34.4 Å². The number of hydrogen-bond acceptors (Lipinski definition) is 7. The molecule has 142 valence electrons. The van der Waals surface area contributed by atoms with E-state index in [-0.39, 0.29) is 31.1 Å². The lowest BCUT2D eigenvalue weighted by molar-refractivity contribution is -0.209. The summed E-state index contributed by atoms with van der Waals surface area (Å²) in [6.45, 7) is 11.0. The molecule has 0 saturated carbocycles. The van der Waals surface area contributed by atoms with Crippen LogP contribution in [-0.2, 0) is 28.2 Å². The van der Waals surface area contributed by atoms with Crippen LogP contribution < -0.4 is 5.84 Å². The monoisotopic (exact) mass is 364 g/mol. The largest absolute Gasteiger partial charge is 0.409 e. The number of ether oxygens (including phenoxy) is 4. The zero-order valence-corrected chi connectivity index (χ0v) is 16.8. The normalized spacial score (nSPS) is 26.1. The first-order valence-electron chi connectivity index (χ1n) is 8.00. The van der Waals surface area contributed by atoms with Gasteiger partial charge in [0.05, 0.1) is 12.6 Å². The van der Waals surface area contributed by atoms with Crippen LogP contribution in [0.1, 0.15) is 20.8 Å². The Labute approximate surface area is 145 Å². The van der Waals surface area contributed by atoms with Gasteiger partial charge in [-0.25, -0.2) is 5.84 Å². The third kappa shape index (κ3) is 5.22. The fraction of sp³-hybridized carbons (Fsp3) is 0.933. The molecular formula is C15H32N2O6Si. The summed E-state index contributed by atoms with van der Waals surface area (Å²) >= 11 is 0. The molecule has 1 saturated heterocycles. The van der Waals surface area contributed by atoms with E-state index in [4.69, 9.17) is 29.2 Å². The summed E-state index contributed by atoms with van der Waals surface area (Å²) in [7, 11) is 0.924. The Morgan fingerprint density at radius 3 is 2.21 bits per heavy atom. The molecule has 0 unspecified atom stereocenters. The minimum atomic E-state index is -2.09. The maximum absolute atomic E-state index is 12.4. The molecule has 0 aliphatic carbocycles. The molecule has 0 aromatic rings. The highest BCUT2D eigenvalue weighted by Gasteiger charge is 2.48. The Morgan fingerprint density at radius 1 is 1.17 bits per heavy atom. The molecule has 1 fully saturated rings. The summed E-state index contributed by atoms with van der Waals surface area (Å²) in [6, 6.07) is 0. The van der Waals surface area contributed by atoms with Gasteiger partial charge in [0.1, 0.15) is 19.7 Å². The van der Waals surface area contributed by atoms with E-state index in [1.807, 2.05) is 0 Å². The minimum Gasteiger partial charge on any atom is -0.409 e. The van der Waals surface area contributed by atoms with Crippen molar-refractivity contribution >= 4 is 14.2 Å². The Bertz CT molecular complexity index is 415. The van der Waals surface area contributed by atoms with Crippen molar-refractivity contribution in [1.82, 2.24) is 5.01 Å². The second-order valence-corrected chi connectivity index (χ2v) is 12.2. The lowest BCUT2D eigenvalue weighted by Crippen LogP contribution is -2.65. The molecule has 8 nitrogen and oxygen atoms in total. The number of amides is 1. The van der Waals surface area contributed by atoms with Gasteiger partial charge in [-0.2, -0.15) is 0 Å². The molecule has 1 aliphatic heterocycles. The molecule has 0 aromatic heterocycles. The van der Waals surface area contributed by atoms with Gasteiger partial charge < -0.3 is 23.4 Å². The number of carbonyl (C=O) groups is 1. The van der Waals surface area contributed by atoms with E-state index in [2.05, 4.69) is 33.9 Å². The zero-order valence-electron chi connectivity index (χ0n) is 15.8. The molecule has 2 N–H and O–H groups in total. The quantitative estimate of drug-likeness (QED) is 0.298. The highest BCUT2D eigenvalue weighted by atomic mass is 28.4. The second kappa shape index (κ2) is 8.70. The van der Waals surface area contributed by atoms with Crippen LogP contribution in [0.5, 0.6) is 0 Å². The van der Waals surface area contributed by atoms with E-state index in [0.29, 0.717) is 0 Å². The van der Waals surface area contributed by atoms with Crippen molar-refractivity contribution in [2.24, 2.45) is 5.84 Å². The third-order valence-electron chi connectivity index (χ3n) is 4.56. The van der Waals surface area contributed by atoms with Crippen LogP contribution in [-0.4, -0.2) is 71.9 Å². The van der Waals surface area contributed by atoms with Gasteiger partial charge in [-0.3, -0.25) is 9.80 Å². The van der Waals surface area contributed by atoms with Gasteiger partial charge in [0.25, 0.3) is 5.91 Å². The predicted octanol–water partition coefficient (Wildman–Crippen LogP) is 1.07. The number of rotatable bonds is 8. The summed E-state index contributed by atoms with van der Waals surface area (Å²) in [5.41, 5.74) is 0. The number of hydrazine groups is 1. The average Bonchev–Trinajstić information content (AvgIpc) is 2.46. The molecule has 0 radical (unpaired) electrons. The highest BCUT2D eigenvalue weighted by molar-refractivity contribution is 6.74. The Hall–Kier alpha value is -0.553. The maximum Gasteiger partial charge on any atom is 0.268 e. The topological polar surface area (TPSA) is 92.5 Å². The molecular weight excluding hydrogens is 332 g/mol. The van der Waals surface area contributed by atoms with Crippen molar-refractivity contribution in [3.8, 4) is 0 Å². The fourth-order valence-electron chi connectivity index (χ4n) is 2.19. The van der Waals surface area contributed by atoms with Crippen molar-refractivity contribution in [2.45, 2.75) is 57.2 Å². The number of carbonyl (C=O) groups excluding carboxylic acids is 1.